The lowest BCUT2D eigenvalue weighted by atomic mass is 9.85. The Morgan fingerprint density at radius 2 is 1.95 bits per heavy atom. The molecule has 2 N–H and O–H groups in total. The number of hydrogen-bond acceptors (Lipinski definition) is 4. The molecule has 0 aromatic carbocycles. The van der Waals surface area contributed by atoms with E-state index in [4.69, 9.17) is 5.73 Å². The smallest absolute Gasteiger partial charge is 0.186 e. The van der Waals surface area contributed by atoms with Gasteiger partial charge in [-0.15, -0.1) is 0 Å². The average Bonchev–Trinajstić information content (AvgIpc) is 2.39. The van der Waals surface area contributed by atoms with Gasteiger partial charge in [-0.25, -0.2) is 4.98 Å². The average molecular weight is 263 g/mol. The van der Waals surface area contributed by atoms with Crippen LogP contribution in [0.2, 0.25) is 0 Å². The molecule has 4 heteroatoms. The minimum absolute atomic E-state index is 0.0711. The van der Waals surface area contributed by atoms with Gasteiger partial charge in [0.2, 0.25) is 0 Å². The van der Waals surface area contributed by atoms with Gasteiger partial charge in [-0.1, -0.05) is 20.8 Å². The molecule has 19 heavy (non-hydrogen) atoms. The Labute approximate surface area is 116 Å². The number of nitrogens with zero attached hydrogens (tertiary/aromatic N) is 2. The number of carbonyl (C=O) groups is 1. The Bertz CT molecular complexity index is 434. The van der Waals surface area contributed by atoms with E-state index in [0.29, 0.717) is 11.4 Å². The zero-order valence-electron chi connectivity index (χ0n) is 12.7. The third kappa shape index (κ3) is 2.78. The summed E-state index contributed by atoms with van der Waals surface area (Å²) in [6, 6.07) is 1.84. The van der Waals surface area contributed by atoms with Crippen LogP contribution in [-0.4, -0.2) is 34.3 Å². The molecule has 1 unspecified atom stereocenters. The van der Waals surface area contributed by atoms with Crippen LogP contribution in [0.1, 0.15) is 50.0 Å². The first-order valence-corrected chi connectivity index (χ1v) is 6.93. The van der Waals surface area contributed by atoms with E-state index in [9.17, 15) is 4.79 Å². The molecule has 0 amide bonds. The fourth-order valence-corrected chi connectivity index (χ4v) is 2.59. The van der Waals surface area contributed by atoms with Crippen LogP contribution < -0.4 is 5.73 Å². The van der Waals surface area contributed by atoms with Crippen molar-refractivity contribution in [2.24, 2.45) is 0 Å². The molecule has 0 bridgehead atoms. The van der Waals surface area contributed by atoms with Crippen LogP contribution in [0, 0.1) is 6.92 Å². The molecule has 0 aliphatic heterocycles. The zero-order chi connectivity index (χ0) is 14.6. The minimum atomic E-state index is -0.522. The molecule has 1 atom stereocenters. The summed E-state index contributed by atoms with van der Waals surface area (Å²) < 4.78 is 0. The van der Waals surface area contributed by atoms with Crippen LogP contribution in [0.15, 0.2) is 12.3 Å². The highest BCUT2D eigenvalue weighted by Gasteiger charge is 2.38. The highest BCUT2D eigenvalue weighted by atomic mass is 16.1. The number of ketones is 1. The summed E-state index contributed by atoms with van der Waals surface area (Å²) in [7, 11) is 0. The number of Topliss-reactive ketones (excluding diaryl/α,β-unsaturated/α-hetero) is 1. The van der Waals surface area contributed by atoms with Crippen molar-refractivity contribution in [1.82, 2.24) is 9.88 Å². The normalized spacial score (nSPS) is 14.4. The van der Waals surface area contributed by atoms with Crippen LogP contribution in [0.5, 0.6) is 0 Å². The predicted molar refractivity (Wildman–Crippen MR) is 79.3 cm³/mol. The number of carbonyl (C=O) groups excluding carboxylic acids is 1. The quantitative estimate of drug-likeness (QED) is 0.802. The van der Waals surface area contributed by atoms with Gasteiger partial charge in [-0.2, -0.15) is 0 Å². The van der Waals surface area contributed by atoms with Gasteiger partial charge in [-0.05, 0) is 45.0 Å². The number of hydrogen-bond donors (Lipinski definition) is 1. The number of pyridine rings is 1. The topological polar surface area (TPSA) is 59.2 Å². The van der Waals surface area contributed by atoms with Gasteiger partial charge in [-0.3, -0.25) is 9.69 Å². The number of nitrogen functional groups attached to an aromatic ring is 1. The zero-order valence-corrected chi connectivity index (χ0v) is 12.7. The first-order chi connectivity index (χ1) is 8.92. The Balaban J connectivity index is 3.29. The first kappa shape index (κ1) is 15.6. The van der Waals surface area contributed by atoms with E-state index >= 15 is 0 Å². The Hall–Kier alpha value is -1.42. The maximum absolute atomic E-state index is 12.9. The molecule has 0 spiro atoms. The Morgan fingerprint density at radius 3 is 2.37 bits per heavy atom. The molecule has 0 aliphatic rings. The maximum atomic E-state index is 12.9. The fraction of sp³-hybridized carbons (Fsp3) is 0.600. The molecule has 1 aromatic heterocycles. The molecule has 0 saturated heterocycles. The van der Waals surface area contributed by atoms with Crippen molar-refractivity contribution >= 4 is 11.6 Å². The van der Waals surface area contributed by atoms with E-state index in [0.717, 1.165) is 25.1 Å². The Morgan fingerprint density at radius 1 is 1.37 bits per heavy atom. The summed E-state index contributed by atoms with van der Waals surface area (Å²) in [5, 5.41) is 0. The molecule has 0 fully saturated rings. The van der Waals surface area contributed by atoms with E-state index in [2.05, 4.69) is 23.7 Å². The van der Waals surface area contributed by atoms with Crippen molar-refractivity contribution in [1.29, 1.82) is 0 Å². The van der Waals surface area contributed by atoms with Crippen molar-refractivity contribution < 1.29 is 4.79 Å². The first-order valence-electron chi connectivity index (χ1n) is 6.93. The van der Waals surface area contributed by atoms with Gasteiger partial charge in [0.05, 0.1) is 11.1 Å². The molecule has 1 aromatic rings. The van der Waals surface area contributed by atoms with Crippen LogP contribution in [0.3, 0.4) is 0 Å². The summed E-state index contributed by atoms with van der Waals surface area (Å²) in [5.74, 6) is 0.402. The molecular weight excluding hydrogens is 238 g/mol. The standard InChI is InChI=1S/C15H25N3O/c1-6-15(5,18(7-2)8-3)13(19)12-11(4)9-10-17-14(12)16/h9-10H,6-8H2,1-5H3,(H2,16,17). The lowest BCUT2D eigenvalue weighted by Crippen LogP contribution is -2.52. The van der Waals surface area contributed by atoms with Gasteiger partial charge >= 0.3 is 0 Å². The van der Waals surface area contributed by atoms with E-state index in [-0.39, 0.29) is 5.78 Å². The number of nitrogens with two attached hydrogens (primary N) is 1. The number of likely N-dealkylation sites (N-methyl/N-ethyl adjacent to an activating group) is 1. The van der Waals surface area contributed by atoms with Crippen LogP contribution >= 0.6 is 0 Å². The van der Waals surface area contributed by atoms with Crippen LogP contribution in [0.25, 0.3) is 0 Å². The second kappa shape index (κ2) is 6.15. The van der Waals surface area contributed by atoms with Gasteiger partial charge in [0.1, 0.15) is 5.82 Å². The van der Waals surface area contributed by atoms with Crippen molar-refractivity contribution in [3.05, 3.63) is 23.4 Å². The highest BCUT2D eigenvalue weighted by molar-refractivity contribution is 6.07. The van der Waals surface area contributed by atoms with Crippen molar-refractivity contribution in [3.8, 4) is 0 Å². The van der Waals surface area contributed by atoms with E-state index in [1.165, 1.54) is 0 Å². The van der Waals surface area contributed by atoms with E-state index < -0.39 is 5.54 Å². The lowest BCUT2D eigenvalue weighted by Gasteiger charge is -2.38. The maximum Gasteiger partial charge on any atom is 0.186 e. The summed E-state index contributed by atoms with van der Waals surface area (Å²) in [5.41, 5.74) is 6.85. The second-order valence-electron chi connectivity index (χ2n) is 5.02. The molecule has 1 heterocycles. The molecular formula is C15H25N3O. The summed E-state index contributed by atoms with van der Waals surface area (Å²) >= 11 is 0. The van der Waals surface area contributed by atoms with E-state index in [1.54, 1.807) is 6.20 Å². The third-order valence-electron chi connectivity index (χ3n) is 4.05. The monoisotopic (exact) mass is 263 g/mol. The second-order valence-corrected chi connectivity index (χ2v) is 5.02. The van der Waals surface area contributed by atoms with E-state index in [1.807, 2.05) is 26.8 Å². The SMILES string of the molecule is CCN(CC)C(C)(CC)C(=O)c1c(C)ccnc1N. The van der Waals surface area contributed by atoms with Crippen LogP contribution in [0.4, 0.5) is 5.82 Å². The molecule has 1 rings (SSSR count). The van der Waals surface area contributed by atoms with Gasteiger partial charge in [0, 0.05) is 6.20 Å². The van der Waals surface area contributed by atoms with Gasteiger partial charge in [0.15, 0.2) is 5.78 Å². The van der Waals surface area contributed by atoms with Crippen molar-refractivity contribution in [2.45, 2.75) is 46.6 Å². The minimum Gasteiger partial charge on any atom is -0.383 e. The molecule has 0 radical (unpaired) electrons. The number of anilines is 1. The number of rotatable bonds is 6. The predicted octanol–water partition coefficient (Wildman–Crippen LogP) is 2.67. The number of aromatic nitrogens is 1. The molecule has 4 nitrogen and oxygen atoms in total. The molecule has 0 aliphatic carbocycles. The van der Waals surface area contributed by atoms with Crippen molar-refractivity contribution in [2.75, 3.05) is 18.8 Å². The Kier molecular flexibility index (Phi) is 5.06. The van der Waals surface area contributed by atoms with Crippen molar-refractivity contribution in [3.63, 3.8) is 0 Å². The summed E-state index contributed by atoms with van der Waals surface area (Å²) in [6.07, 6.45) is 2.39. The highest BCUT2D eigenvalue weighted by Crippen LogP contribution is 2.28. The molecule has 0 saturated carbocycles. The lowest BCUT2D eigenvalue weighted by molar-refractivity contribution is 0.0607. The van der Waals surface area contributed by atoms with Gasteiger partial charge < -0.3 is 5.73 Å². The van der Waals surface area contributed by atoms with Gasteiger partial charge in [0.25, 0.3) is 0 Å². The number of aryl methyl sites for hydroxylation is 1. The molecule has 106 valence electrons. The largest absolute Gasteiger partial charge is 0.383 e. The fourth-order valence-electron chi connectivity index (χ4n) is 2.59. The summed E-state index contributed by atoms with van der Waals surface area (Å²) in [4.78, 5) is 19.2. The third-order valence-corrected chi connectivity index (χ3v) is 4.05. The van der Waals surface area contributed by atoms with Crippen LogP contribution in [-0.2, 0) is 0 Å². The summed E-state index contributed by atoms with van der Waals surface area (Å²) in [6.45, 7) is 11.8.